The fourth-order valence-electron chi connectivity index (χ4n) is 2.60. The predicted molar refractivity (Wildman–Crippen MR) is 92.1 cm³/mol. The minimum atomic E-state index is -0.483. The summed E-state index contributed by atoms with van der Waals surface area (Å²) >= 11 is 0. The van der Waals surface area contributed by atoms with Crippen molar-refractivity contribution in [1.29, 1.82) is 0 Å². The topological polar surface area (TPSA) is 80.8 Å². The fourth-order valence-corrected chi connectivity index (χ4v) is 2.60. The Morgan fingerprint density at radius 1 is 1.24 bits per heavy atom. The zero-order chi connectivity index (χ0) is 18.0. The lowest BCUT2D eigenvalue weighted by Gasteiger charge is -2.13. The van der Waals surface area contributed by atoms with Gasteiger partial charge in [-0.2, -0.15) is 0 Å². The van der Waals surface area contributed by atoms with Crippen LogP contribution in [0.15, 0.2) is 36.5 Å². The molecule has 0 aliphatic carbocycles. The van der Waals surface area contributed by atoms with Gasteiger partial charge in [0.25, 0.3) is 5.91 Å². The Kier molecular flexibility index (Phi) is 4.56. The third kappa shape index (κ3) is 3.26. The lowest BCUT2D eigenvalue weighted by molar-refractivity contribution is -0.118. The van der Waals surface area contributed by atoms with E-state index in [-0.39, 0.29) is 5.91 Å². The number of anilines is 1. The Balaban J connectivity index is 1.77. The van der Waals surface area contributed by atoms with Crippen LogP contribution in [-0.2, 0) is 4.79 Å². The van der Waals surface area contributed by atoms with Crippen LogP contribution in [0.25, 0.3) is 0 Å². The van der Waals surface area contributed by atoms with Gasteiger partial charge in [-0.1, -0.05) is 13.0 Å². The Morgan fingerprint density at radius 2 is 2.04 bits per heavy atom. The molecule has 1 aliphatic rings. The number of nitrogens with zero attached hydrogens (tertiary/aromatic N) is 2. The largest absolute Gasteiger partial charge is 0.496 e. The van der Waals surface area contributed by atoms with E-state index >= 15 is 0 Å². The summed E-state index contributed by atoms with van der Waals surface area (Å²) in [7, 11) is 1.60. The second-order valence-electron chi connectivity index (χ2n) is 5.67. The lowest BCUT2D eigenvalue weighted by atomic mass is 10.2. The van der Waals surface area contributed by atoms with Gasteiger partial charge < -0.3 is 14.8 Å². The number of benzene rings is 1. The van der Waals surface area contributed by atoms with E-state index in [9.17, 15) is 9.59 Å². The second kappa shape index (κ2) is 6.80. The second-order valence-corrected chi connectivity index (χ2v) is 5.67. The summed E-state index contributed by atoms with van der Waals surface area (Å²) < 4.78 is 11.0. The third-order valence-corrected chi connectivity index (χ3v) is 4.01. The summed E-state index contributed by atoms with van der Waals surface area (Å²) in [5, 5.41) is 2.64. The first-order chi connectivity index (χ1) is 12.0. The molecule has 0 spiro atoms. The van der Waals surface area contributed by atoms with Crippen molar-refractivity contribution in [2.45, 2.75) is 26.3 Å². The smallest absolute Gasteiger partial charge is 0.329 e. The molecule has 1 aliphatic heterocycles. The van der Waals surface area contributed by atoms with Gasteiger partial charge in [0.15, 0.2) is 0 Å². The Bertz CT molecular complexity index is 804. The Labute approximate surface area is 145 Å². The standard InChI is InChI=1S/C18H19N3O4/c1-4-14-17(22)21(18(23)20-14)12-6-8-16(19-10-12)25-13-7-5-11(2)15(9-13)24-3/h5-10,14H,4H2,1-3H3,(H,20,23). The summed E-state index contributed by atoms with van der Waals surface area (Å²) in [6.45, 7) is 3.79. The number of rotatable bonds is 5. The van der Waals surface area contributed by atoms with E-state index in [0.717, 1.165) is 16.2 Å². The number of carbonyl (C=O) groups is 2. The molecule has 130 valence electrons. The van der Waals surface area contributed by atoms with E-state index in [2.05, 4.69) is 10.3 Å². The zero-order valence-corrected chi connectivity index (χ0v) is 14.3. The molecule has 0 bridgehead atoms. The maximum absolute atomic E-state index is 12.2. The van der Waals surface area contributed by atoms with Gasteiger partial charge >= 0.3 is 6.03 Å². The molecule has 1 saturated heterocycles. The number of pyridine rings is 1. The van der Waals surface area contributed by atoms with Crippen LogP contribution in [0.2, 0.25) is 0 Å². The number of nitrogens with one attached hydrogen (secondary N) is 1. The number of hydrogen-bond donors (Lipinski definition) is 1. The average molecular weight is 341 g/mol. The summed E-state index contributed by atoms with van der Waals surface area (Å²) in [4.78, 5) is 29.4. The van der Waals surface area contributed by atoms with Crippen LogP contribution in [0.5, 0.6) is 17.4 Å². The third-order valence-electron chi connectivity index (χ3n) is 4.01. The highest BCUT2D eigenvalue weighted by Gasteiger charge is 2.37. The van der Waals surface area contributed by atoms with Gasteiger partial charge in [-0.25, -0.2) is 14.7 Å². The fraction of sp³-hybridized carbons (Fsp3) is 0.278. The normalized spacial score (nSPS) is 16.8. The van der Waals surface area contributed by atoms with Crippen molar-refractivity contribution in [3.8, 4) is 17.4 Å². The molecule has 0 saturated carbocycles. The number of methoxy groups -OCH3 is 1. The van der Waals surface area contributed by atoms with Gasteiger partial charge in [0, 0.05) is 12.1 Å². The van der Waals surface area contributed by atoms with E-state index in [1.165, 1.54) is 6.20 Å². The van der Waals surface area contributed by atoms with E-state index in [0.29, 0.717) is 23.7 Å². The van der Waals surface area contributed by atoms with Gasteiger partial charge in [-0.3, -0.25) is 4.79 Å². The number of carbonyl (C=O) groups excluding carboxylic acids is 2. The number of hydrogen-bond acceptors (Lipinski definition) is 5. The van der Waals surface area contributed by atoms with Gasteiger partial charge in [0.2, 0.25) is 5.88 Å². The molecule has 3 amide bonds. The SMILES string of the molecule is CCC1NC(=O)N(c2ccc(Oc3ccc(C)c(OC)c3)nc2)C1=O. The van der Waals surface area contributed by atoms with Gasteiger partial charge in [0.05, 0.1) is 19.0 Å². The molecule has 1 aromatic carbocycles. The van der Waals surface area contributed by atoms with Crippen molar-refractivity contribution < 1.29 is 19.1 Å². The Morgan fingerprint density at radius 3 is 2.64 bits per heavy atom. The van der Waals surface area contributed by atoms with Crippen LogP contribution < -0.4 is 19.7 Å². The highest BCUT2D eigenvalue weighted by atomic mass is 16.5. The van der Waals surface area contributed by atoms with Crippen molar-refractivity contribution in [3.05, 3.63) is 42.1 Å². The van der Waals surface area contributed by atoms with E-state index < -0.39 is 12.1 Å². The first kappa shape index (κ1) is 16.8. The minimum absolute atomic E-state index is 0.272. The molecule has 2 heterocycles. The number of amides is 3. The van der Waals surface area contributed by atoms with Crippen molar-refractivity contribution >= 4 is 17.6 Å². The van der Waals surface area contributed by atoms with Crippen LogP contribution in [0.4, 0.5) is 10.5 Å². The molecule has 1 N–H and O–H groups in total. The molecule has 25 heavy (non-hydrogen) atoms. The molecule has 7 heteroatoms. The molecule has 1 unspecified atom stereocenters. The average Bonchev–Trinajstić information content (AvgIpc) is 2.91. The van der Waals surface area contributed by atoms with Crippen LogP contribution in [-0.4, -0.2) is 30.1 Å². The molecular weight excluding hydrogens is 322 g/mol. The van der Waals surface area contributed by atoms with Crippen LogP contribution in [0.3, 0.4) is 0 Å². The van der Waals surface area contributed by atoms with Crippen molar-refractivity contribution in [2.75, 3.05) is 12.0 Å². The summed E-state index contributed by atoms with van der Waals surface area (Å²) in [5.41, 5.74) is 1.41. The van der Waals surface area contributed by atoms with E-state index in [1.807, 2.05) is 26.0 Å². The minimum Gasteiger partial charge on any atom is -0.496 e. The highest BCUT2D eigenvalue weighted by molar-refractivity contribution is 6.21. The van der Waals surface area contributed by atoms with E-state index in [4.69, 9.17) is 9.47 Å². The molecule has 1 atom stereocenters. The number of aryl methyl sites for hydroxylation is 1. The molecular formula is C18H19N3O4. The monoisotopic (exact) mass is 341 g/mol. The molecule has 0 radical (unpaired) electrons. The molecule has 7 nitrogen and oxygen atoms in total. The first-order valence-corrected chi connectivity index (χ1v) is 7.96. The van der Waals surface area contributed by atoms with Crippen LogP contribution >= 0.6 is 0 Å². The molecule has 1 fully saturated rings. The Hall–Kier alpha value is -3.09. The van der Waals surface area contributed by atoms with Crippen LogP contribution in [0.1, 0.15) is 18.9 Å². The van der Waals surface area contributed by atoms with Crippen LogP contribution in [0, 0.1) is 6.92 Å². The van der Waals surface area contributed by atoms with Crippen molar-refractivity contribution in [2.24, 2.45) is 0 Å². The molecule has 2 aromatic rings. The number of urea groups is 1. The number of ether oxygens (including phenoxy) is 2. The van der Waals surface area contributed by atoms with Gasteiger partial charge in [-0.05, 0) is 31.0 Å². The summed E-state index contributed by atoms with van der Waals surface area (Å²) in [6.07, 6.45) is 1.99. The summed E-state index contributed by atoms with van der Waals surface area (Å²) in [6, 6.07) is 7.80. The summed E-state index contributed by atoms with van der Waals surface area (Å²) in [5.74, 6) is 1.39. The first-order valence-electron chi connectivity index (χ1n) is 7.96. The zero-order valence-electron chi connectivity index (χ0n) is 14.3. The lowest BCUT2D eigenvalue weighted by Crippen LogP contribution is -2.31. The maximum Gasteiger partial charge on any atom is 0.329 e. The van der Waals surface area contributed by atoms with Gasteiger partial charge in [0.1, 0.15) is 17.5 Å². The highest BCUT2D eigenvalue weighted by Crippen LogP contribution is 2.28. The predicted octanol–water partition coefficient (Wildman–Crippen LogP) is 3.03. The van der Waals surface area contributed by atoms with E-state index in [1.54, 1.807) is 25.3 Å². The molecule has 1 aromatic heterocycles. The van der Waals surface area contributed by atoms with Crippen molar-refractivity contribution in [1.82, 2.24) is 10.3 Å². The number of aromatic nitrogens is 1. The maximum atomic E-state index is 12.2. The number of imide groups is 1. The van der Waals surface area contributed by atoms with Gasteiger partial charge in [-0.15, -0.1) is 0 Å². The van der Waals surface area contributed by atoms with Crippen molar-refractivity contribution in [3.63, 3.8) is 0 Å². The quantitative estimate of drug-likeness (QED) is 0.846. The molecule has 3 rings (SSSR count).